The Hall–Kier alpha value is -2.66. The number of aliphatic hydroxyl groups excluding tert-OH is 1. The predicted octanol–water partition coefficient (Wildman–Crippen LogP) is 1.21. The van der Waals surface area contributed by atoms with E-state index in [1.54, 1.807) is 4.90 Å². The highest BCUT2D eigenvalue weighted by Crippen LogP contribution is 2.43. The largest absolute Gasteiger partial charge is 0.394 e. The molecule has 4 rings (SSSR count). The van der Waals surface area contributed by atoms with Crippen LogP contribution in [0.4, 0.5) is 0 Å². The summed E-state index contributed by atoms with van der Waals surface area (Å²) in [6.45, 7) is -0.0523. The minimum atomic E-state index is -3.45. The van der Waals surface area contributed by atoms with Gasteiger partial charge in [0.15, 0.2) is 0 Å². The van der Waals surface area contributed by atoms with Crippen LogP contribution in [0.3, 0.4) is 0 Å². The molecule has 7 heteroatoms. The lowest BCUT2D eigenvalue weighted by molar-refractivity contribution is -0.158. The molecule has 0 saturated carbocycles. The lowest BCUT2D eigenvalue weighted by Gasteiger charge is -2.58. The summed E-state index contributed by atoms with van der Waals surface area (Å²) in [4.78, 5) is 14.1. The number of fused-ring (bicyclic) bond motifs is 1. The Kier molecular flexibility index (Phi) is 5.65. The minimum absolute atomic E-state index is 0.102. The van der Waals surface area contributed by atoms with E-state index in [4.69, 9.17) is 0 Å². The van der Waals surface area contributed by atoms with Crippen molar-refractivity contribution < 1.29 is 18.3 Å². The number of hydrogen-bond acceptors (Lipinski definition) is 4. The molecular weight excluding hydrogens is 400 g/mol. The quantitative estimate of drug-likeness (QED) is 0.749. The first-order chi connectivity index (χ1) is 14.4. The monoisotopic (exact) mass is 424 g/mol. The molecule has 30 heavy (non-hydrogen) atoms. The summed E-state index contributed by atoms with van der Waals surface area (Å²) in [6.07, 6.45) is 1.80. The maximum Gasteiger partial charge on any atom is 0.238 e. The summed E-state index contributed by atoms with van der Waals surface area (Å²) in [5.74, 6) is 5.97. The first kappa shape index (κ1) is 20.6. The molecule has 0 radical (unpaired) electrons. The van der Waals surface area contributed by atoms with Crippen molar-refractivity contribution >= 4 is 15.9 Å². The summed E-state index contributed by atoms with van der Waals surface area (Å²) >= 11 is 0. The van der Waals surface area contributed by atoms with E-state index >= 15 is 0 Å². The molecule has 0 bridgehead atoms. The molecule has 0 unspecified atom stereocenters. The second-order valence-corrected chi connectivity index (χ2v) is 9.77. The van der Waals surface area contributed by atoms with Gasteiger partial charge in [-0.25, -0.2) is 8.42 Å². The van der Waals surface area contributed by atoms with Gasteiger partial charge in [-0.2, -0.15) is 4.31 Å². The summed E-state index contributed by atoms with van der Waals surface area (Å²) < 4.78 is 25.1. The molecule has 6 nitrogen and oxygen atoms in total. The predicted molar refractivity (Wildman–Crippen MR) is 114 cm³/mol. The molecule has 2 aliphatic rings. The van der Waals surface area contributed by atoms with Crippen LogP contribution >= 0.6 is 0 Å². The third-order valence-corrected chi connectivity index (χ3v) is 7.07. The second kappa shape index (κ2) is 8.23. The molecule has 2 aliphatic heterocycles. The lowest BCUT2D eigenvalue weighted by atomic mass is 9.74. The van der Waals surface area contributed by atoms with Crippen LogP contribution in [0.5, 0.6) is 0 Å². The number of carbonyl (C=O) groups excluding carboxylic acids is 1. The third kappa shape index (κ3) is 3.99. The van der Waals surface area contributed by atoms with E-state index in [-0.39, 0.29) is 43.6 Å². The number of amides is 1. The first-order valence-corrected chi connectivity index (χ1v) is 11.7. The van der Waals surface area contributed by atoms with E-state index in [9.17, 15) is 18.3 Å². The first-order valence-electron chi connectivity index (χ1n) is 9.88. The number of aliphatic hydroxyl groups is 1. The topological polar surface area (TPSA) is 77.9 Å². The molecule has 1 N–H and O–H groups in total. The second-order valence-electron chi connectivity index (χ2n) is 7.79. The number of hydrogen-bond donors (Lipinski definition) is 1. The summed E-state index contributed by atoms with van der Waals surface area (Å²) in [7, 11) is -3.45. The van der Waals surface area contributed by atoms with Crippen molar-refractivity contribution in [2.24, 2.45) is 0 Å². The highest BCUT2D eigenvalue weighted by molar-refractivity contribution is 7.88. The van der Waals surface area contributed by atoms with Crippen LogP contribution in [0.25, 0.3) is 0 Å². The smallest absolute Gasteiger partial charge is 0.238 e. The summed E-state index contributed by atoms with van der Waals surface area (Å²) in [6, 6.07) is 17.3. The molecule has 1 amide bonds. The van der Waals surface area contributed by atoms with Crippen molar-refractivity contribution in [3.63, 3.8) is 0 Å². The van der Waals surface area contributed by atoms with Crippen LogP contribution in [0.1, 0.15) is 22.6 Å². The van der Waals surface area contributed by atoms with E-state index in [1.165, 1.54) is 9.87 Å². The maximum atomic E-state index is 12.4. The van der Waals surface area contributed by atoms with Crippen LogP contribution in [0, 0.1) is 11.8 Å². The van der Waals surface area contributed by atoms with Gasteiger partial charge >= 0.3 is 0 Å². The molecule has 2 aromatic rings. The van der Waals surface area contributed by atoms with Crippen LogP contribution in [0.2, 0.25) is 0 Å². The molecule has 156 valence electrons. The minimum Gasteiger partial charge on any atom is -0.394 e. The fraction of sp³-hybridized carbons (Fsp3) is 0.348. The van der Waals surface area contributed by atoms with Gasteiger partial charge in [0.25, 0.3) is 0 Å². The van der Waals surface area contributed by atoms with Gasteiger partial charge in [0.2, 0.25) is 15.9 Å². The van der Waals surface area contributed by atoms with Crippen LogP contribution in [0.15, 0.2) is 54.6 Å². The molecular formula is C23H24N2O4S. The van der Waals surface area contributed by atoms with Crippen LogP contribution in [-0.4, -0.2) is 66.7 Å². The van der Waals surface area contributed by atoms with Crippen molar-refractivity contribution in [2.75, 3.05) is 26.0 Å². The number of benzene rings is 2. The van der Waals surface area contributed by atoms with E-state index in [0.717, 1.165) is 17.4 Å². The molecule has 2 fully saturated rings. The normalized spacial score (nSPS) is 23.9. The number of nitrogens with zero attached hydrogens (tertiary/aromatic N) is 2. The zero-order valence-corrected chi connectivity index (χ0v) is 17.5. The Labute approximate surface area is 177 Å². The van der Waals surface area contributed by atoms with Crippen molar-refractivity contribution in [1.29, 1.82) is 0 Å². The average molecular weight is 425 g/mol. The lowest BCUT2D eigenvalue weighted by Crippen LogP contribution is -2.73. The molecule has 2 heterocycles. The molecule has 0 aliphatic carbocycles. The van der Waals surface area contributed by atoms with Gasteiger partial charge in [-0.15, -0.1) is 0 Å². The van der Waals surface area contributed by atoms with E-state index in [0.29, 0.717) is 6.42 Å². The van der Waals surface area contributed by atoms with Gasteiger partial charge in [0, 0.05) is 24.4 Å². The van der Waals surface area contributed by atoms with E-state index in [2.05, 4.69) is 11.8 Å². The number of piperazine rings is 1. The van der Waals surface area contributed by atoms with Gasteiger partial charge < -0.3 is 10.0 Å². The van der Waals surface area contributed by atoms with Crippen LogP contribution < -0.4 is 0 Å². The van der Waals surface area contributed by atoms with Gasteiger partial charge in [-0.3, -0.25) is 4.79 Å². The van der Waals surface area contributed by atoms with Gasteiger partial charge in [0.05, 0.1) is 31.5 Å². The Morgan fingerprint density at radius 1 is 1.10 bits per heavy atom. The third-order valence-electron chi connectivity index (χ3n) is 5.85. The van der Waals surface area contributed by atoms with E-state index < -0.39 is 10.0 Å². The molecule has 3 atom stereocenters. The Morgan fingerprint density at radius 2 is 1.80 bits per heavy atom. The Bertz CT molecular complexity index is 1090. The summed E-state index contributed by atoms with van der Waals surface area (Å²) in [5, 5.41) is 9.83. The van der Waals surface area contributed by atoms with Crippen LogP contribution in [-0.2, 0) is 21.2 Å². The average Bonchev–Trinajstić information content (AvgIpc) is 2.70. The highest BCUT2D eigenvalue weighted by Gasteiger charge is 2.54. The fourth-order valence-corrected chi connectivity index (χ4v) is 5.12. The maximum absolute atomic E-state index is 12.4. The number of carbonyl (C=O) groups is 1. The summed E-state index contributed by atoms with van der Waals surface area (Å²) in [5.41, 5.74) is 3.04. The van der Waals surface area contributed by atoms with Crippen molar-refractivity contribution in [3.8, 4) is 11.8 Å². The Balaban J connectivity index is 1.50. The molecule has 0 spiro atoms. The standard InChI is InChI=1S/C23H24N2O4S/c1-30(28,29)24-14-20-23(21(16-26)25(20)22(27)15-24)19-12-10-18(11-13-19)9-5-8-17-6-3-2-4-7-17/h2-4,6-7,10-13,20-21,23,26H,8,14-16H2,1H3/t20-,21-,23+/m0/s1. The van der Waals surface area contributed by atoms with E-state index in [1.807, 2.05) is 54.6 Å². The molecule has 0 aromatic heterocycles. The number of sulfonamides is 1. The molecule has 2 saturated heterocycles. The molecule has 2 aromatic carbocycles. The SMILES string of the molecule is CS(=O)(=O)N1CC(=O)N2[C@@H](CO)[C@H](c3ccc(C#CCc4ccccc4)cc3)[C@@H]2C1. The van der Waals surface area contributed by atoms with Gasteiger partial charge in [-0.1, -0.05) is 54.3 Å². The number of rotatable bonds is 4. The van der Waals surface area contributed by atoms with Crippen molar-refractivity contribution in [1.82, 2.24) is 9.21 Å². The fourth-order valence-electron chi connectivity index (χ4n) is 4.36. The zero-order chi connectivity index (χ0) is 21.3. The van der Waals surface area contributed by atoms with Crippen molar-refractivity contribution in [3.05, 3.63) is 71.3 Å². The van der Waals surface area contributed by atoms with Gasteiger partial charge in [0.1, 0.15) is 0 Å². The van der Waals surface area contributed by atoms with Crippen molar-refractivity contribution in [2.45, 2.75) is 24.4 Å². The Morgan fingerprint density at radius 3 is 2.43 bits per heavy atom. The van der Waals surface area contributed by atoms with Gasteiger partial charge in [-0.05, 0) is 23.3 Å². The highest BCUT2D eigenvalue weighted by atomic mass is 32.2. The zero-order valence-electron chi connectivity index (χ0n) is 16.7.